The molecule has 3 rings (SSSR count). The third-order valence-corrected chi connectivity index (χ3v) is 3.94. The summed E-state index contributed by atoms with van der Waals surface area (Å²) >= 11 is 6.23. The summed E-state index contributed by atoms with van der Waals surface area (Å²) < 4.78 is 1.84. The number of carbonyl (C=O) groups excluding carboxylic acids is 1. The van der Waals surface area contributed by atoms with Crippen molar-refractivity contribution in [2.45, 2.75) is 19.9 Å². The van der Waals surface area contributed by atoms with Gasteiger partial charge in [-0.05, 0) is 24.6 Å². The molecule has 2 heterocycles. The summed E-state index contributed by atoms with van der Waals surface area (Å²) in [4.78, 5) is 11.4. The lowest BCUT2D eigenvalue weighted by Crippen LogP contribution is -2.03. The van der Waals surface area contributed by atoms with Gasteiger partial charge in [0.1, 0.15) is 0 Å². The quantitative estimate of drug-likeness (QED) is 0.913. The molecule has 20 heavy (non-hydrogen) atoms. The number of hydrogen-bond donors (Lipinski definition) is 2. The van der Waals surface area contributed by atoms with Crippen LogP contribution < -0.4 is 10.6 Å². The van der Waals surface area contributed by atoms with E-state index in [0.29, 0.717) is 18.0 Å². The van der Waals surface area contributed by atoms with Gasteiger partial charge in [0.15, 0.2) is 0 Å². The van der Waals surface area contributed by atoms with E-state index in [4.69, 9.17) is 11.6 Å². The molecule has 0 saturated carbocycles. The van der Waals surface area contributed by atoms with Gasteiger partial charge in [-0.25, -0.2) is 0 Å². The van der Waals surface area contributed by atoms with Gasteiger partial charge >= 0.3 is 0 Å². The highest BCUT2D eigenvalue weighted by atomic mass is 35.5. The van der Waals surface area contributed by atoms with Gasteiger partial charge in [-0.15, -0.1) is 0 Å². The number of nitrogens with one attached hydrogen (secondary N) is 2. The van der Waals surface area contributed by atoms with Gasteiger partial charge in [0, 0.05) is 30.5 Å². The van der Waals surface area contributed by atoms with Crippen molar-refractivity contribution in [3.63, 3.8) is 0 Å². The van der Waals surface area contributed by atoms with Gasteiger partial charge in [0.2, 0.25) is 5.91 Å². The standard InChI is InChI=1S/C14H15ClN4O/c1-8-10(7-17-19(8)2)6-16-13-3-9-4-14(20)18-12(9)5-11(13)15/h3,5,7,16H,4,6H2,1-2H3,(H,18,20). The molecular weight excluding hydrogens is 276 g/mol. The lowest BCUT2D eigenvalue weighted by atomic mass is 10.1. The van der Waals surface area contributed by atoms with Crippen molar-refractivity contribution in [2.75, 3.05) is 10.6 Å². The fourth-order valence-electron chi connectivity index (χ4n) is 2.29. The van der Waals surface area contributed by atoms with Crippen LogP contribution >= 0.6 is 11.6 Å². The van der Waals surface area contributed by atoms with Crippen LogP contribution in [0.3, 0.4) is 0 Å². The average molecular weight is 291 g/mol. The first-order valence-electron chi connectivity index (χ1n) is 6.38. The van der Waals surface area contributed by atoms with Crippen molar-refractivity contribution < 1.29 is 4.79 Å². The Labute approximate surface area is 121 Å². The fraction of sp³-hybridized carbons (Fsp3) is 0.286. The summed E-state index contributed by atoms with van der Waals surface area (Å²) in [6.45, 7) is 2.68. The number of amides is 1. The van der Waals surface area contributed by atoms with E-state index >= 15 is 0 Å². The zero-order valence-corrected chi connectivity index (χ0v) is 12.1. The van der Waals surface area contributed by atoms with E-state index in [1.165, 1.54) is 0 Å². The maximum atomic E-state index is 11.4. The Balaban J connectivity index is 1.80. The molecule has 5 nitrogen and oxygen atoms in total. The maximum Gasteiger partial charge on any atom is 0.228 e. The summed E-state index contributed by atoms with van der Waals surface area (Å²) in [6.07, 6.45) is 2.25. The number of hydrogen-bond acceptors (Lipinski definition) is 3. The molecule has 1 aliphatic rings. The van der Waals surface area contributed by atoms with Gasteiger partial charge < -0.3 is 10.6 Å². The van der Waals surface area contributed by atoms with Crippen LogP contribution in [0.5, 0.6) is 0 Å². The Morgan fingerprint density at radius 1 is 1.50 bits per heavy atom. The molecule has 0 saturated heterocycles. The second-order valence-corrected chi connectivity index (χ2v) is 5.35. The van der Waals surface area contributed by atoms with Crippen molar-refractivity contribution in [1.29, 1.82) is 0 Å². The molecule has 2 aromatic rings. The van der Waals surface area contributed by atoms with Crippen LogP contribution in [0.25, 0.3) is 0 Å². The molecule has 0 fully saturated rings. The minimum atomic E-state index is 0.0105. The molecule has 0 spiro atoms. The summed E-state index contributed by atoms with van der Waals surface area (Å²) in [7, 11) is 1.92. The molecule has 104 valence electrons. The first kappa shape index (κ1) is 13.0. The first-order chi connectivity index (χ1) is 9.54. The number of fused-ring (bicyclic) bond motifs is 1. The smallest absolute Gasteiger partial charge is 0.228 e. The van der Waals surface area contributed by atoms with E-state index in [2.05, 4.69) is 15.7 Å². The van der Waals surface area contributed by atoms with Crippen LogP contribution in [0.2, 0.25) is 5.02 Å². The molecule has 1 aliphatic heterocycles. The Morgan fingerprint density at radius 2 is 2.30 bits per heavy atom. The van der Waals surface area contributed by atoms with Crippen LogP contribution in [0.4, 0.5) is 11.4 Å². The molecule has 0 radical (unpaired) electrons. The SMILES string of the molecule is Cc1c(CNc2cc3c(cc2Cl)NC(=O)C3)cnn1C. The minimum Gasteiger partial charge on any atom is -0.380 e. The van der Waals surface area contributed by atoms with E-state index < -0.39 is 0 Å². The second kappa shape index (κ2) is 4.83. The predicted octanol–water partition coefficient (Wildman–Crippen LogP) is 2.49. The second-order valence-electron chi connectivity index (χ2n) is 4.95. The highest BCUT2D eigenvalue weighted by Gasteiger charge is 2.19. The molecular formula is C14H15ClN4O. The normalized spacial score (nSPS) is 13.2. The number of aromatic nitrogens is 2. The monoisotopic (exact) mass is 290 g/mol. The molecule has 1 amide bonds. The van der Waals surface area contributed by atoms with Crippen LogP contribution in [0.1, 0.15) is 16.8 Å². The van der Waals surface area contributed by atoms with Crippen molar-refractivity contribution in [3.8, 4) is 0 Å². The number of aryl methyl sites for hydroxylation is 1. The van der Waals surface area contributed by atoms with Crippen LogP contribution in [-0.4, -0.2) is 15.7 Å². The van der Waals surface area contributed by atoms with Gasteiger partial charge in [-0.2, -0.15) is 5.10 Å². The number of carbonyl (C=O) groups is 1. The average Bonchev–Trinajstić information content (AvgIpc) is 2.90. The van der Waals surface area contributed by atoms with Gasteiger partial charge in [-0.1, -0.05) is 11.6 Å². The minimum absolute atomic E-state index is 0.0105. The van der Waals surface area contributed by atoms with E-state index in [1.807, 2.05) is 30.9 Å². The van der Waals surface area contributed by atoms with Crippen LogP contribution in [0.15, 0.2) is 18.3 Å². The lowest BCUT2D eigenvalue weighted by Gasteiger charge is -2.10. The molecule has 0 aliphatic carbocycles. The molecule has 0 unspecified atom stereocenters. The summed E-state index contributed by atoms with van der Waals surface area (Å²) in [5.74, 6) is 0.0105. The van der Waals surface area contributed by atoms with E-state index in [1.54, 1.807) is 6.07 Å². The first-order valence-corrected chi connectivity index (χ1v) is 6.76. The summed E-state index contributed by atoms with van der Waals surface area (Å²) in [5, 5.41) is 10.9. The van der Waals surface area contributed by atoms with Crippen LogP contribution in [-0.2, 0) is 24.8 Å². The van der Waals surface area contributed by atoms with E-state index in [0.717, 1.165) is 28.2 Å². The number of halogens is 1. The largest absolute Gasteiger partial charge is 0.380 e. The van der Waals surface area contributed by atoms with Gasteiger partial charge in [0.05, 0.1) is 23.3 Å². The predicted molar refractivity (Wildman–Crippen MR) is 79.1 cm³/mol. The zero-order valence-electron chi connectivity index (χ0n) is 11.3. The summed E-state index contributed by atoms with van der Waals surface area (Å²) in [5.41, 5.74) is 4.86. The van der Waals surface area contributed by atoms with Crippen molar-refractivity contribution in [2.24, 2.45) is 7.05 Å². The Morgan fingerprint density at radius 3 is 3.00 bits per heavy atom. The van der Waals surface area contributed by atoms with Gasteiger partial charge in [-0.3, -0.25) is 9.48 Å². The van der Waals surface area contributed by atoms with Crippen LogP contribution in [0, 0.1) is 6.92 Å². The number of nitrogens with zero attached hydrogens (tertiary/aromatic N) is 2. The molecule has 6 heteroatoms. The molecule has 0 bridgehead atoms. The number of benzene rings is 1. The van der Waals surface area contributed by atoms with Crippen molar-refractivity contribution in [3.05, 3.63) is 40.2 Å². The highest BCUT2D eigenvalue weighted by Crippen LogP contribution is 2.33. The molecule has 1 aromatic carbocycles. The molecule has 0 atom stereocenters. The Kier molecular flexibility index (Phi) is 3.14. The van der Waals surface area contributed by atoms with E-state index in [-0.39, 0.29) is 5.91 Å². The van der Waals surface area contributed by atoms with E-state index in [9.17, 15) is 4.79 Å². The van der Waals surface area contributed by atoms with Crippen molar-refractivity contribution in [1.82, 2.24) is 9.78 Å². The number of rotatable bonds is 3. The molecule has 2 N–H and O–H groups in total. The third-order valence-electron chi connectivity index (χ3n) is 3.62. The topological polar surface area (TPSA) is 58.9 Å². The fourth-order valence-corrected chi connectivity index (χ4v) is 2.52. The number of anilines is 2. The summed E-state index contributed by atoms with van der Waals surface area (Å²) in [6, 6.07) is 3.72. The third kappa shape index (κ3) is 2.25. The van der Waals surface area contributed by atoms with Gasteiger partial charge in [0.25, 0.3) is 0 Å². The lowest BCUT2D eigenvalue weighted by molar-refractivity contribution is -0.115. The van der Waals surface area contributed by atoms with Crippen molar-refractivity contribution >= 4 is 28.9 Å². The molecule has 1 aromatic heterocycles. The zero-order chi connectivity index (χ0) is 14.3. The Bertz CT molecular complexity index is 693. The highest BCUT2D eigenvalue weighted by molar-refractivity contribution is 6.33. The maximum absolute atomic E-state index is 11.4. The Hall–Kier alpha value is -2.01.